The number of ether oxygens (including phenoxy) is 1. The van der Waals surface area contributed by atoms with Gasteiger partial charge in [-0.15, -0.1) is 22.7 Å². The van der Waals surface area contributed by atoms with Gasteiger partial charge in [-0.25, -0.2) is 19.3 Å². The van der Waals surface area contributed by atoms with Gasteiger partial charge in [-0.05, 0) is 24.6 Å². The van der Waals surface area contributed by atoms with E-state index in [-0.39, 0.29) is 29.9 Å². The molecule has 0 saturated heterocycles. The van der Waals surface area contributed by atoms with Crippen LogP contribution in [0.15, 0.2) is 46.4 Å². The highest BCUT2D eigenvalue weighted by molar-refractivity contribution is 8.00. The first-order valence-corrected chi connectivity index (χ1v) is 12.3. The lowest BCUT2D eigenvalue weighted by Gasteiger charge is -2.05. The number of amides is 1. The zero-order chi connectivity index (χ0) is 22.5. The number of rotatable bonds is 8. The molecule has 3 aromatic heterocycles. The number of carbonyl (C=O) groups excluding carboxylic acids is 2. The molecule has 11 heteroatoms. The third kappa shape index (κ3) is 5.29. The fourth-order valence-electron chi connectivity index (χ4n) is 2.89. The summed E-state index contributed by atoms with van der Waals surface area (Å²) in [6.45, 7) is 2.06. The highest BCUT2D eigenvalue weighted by atomic mass is 32.2. The van der Waals surface area contributed by atoms with E-state index in [4.69, 9.17) is 4.74 Å². The summed E-state index contributed by atoms with van der Waals surface area (Å²) in [6.07, 6.45) is 1.54. The zero-order valence-corrected chi connectivity index (χ0v) is 19.3. The molecule has 1 N–H and O–H groups in total. The molecule has 0 spiro atoms. The third-order valence-electron chi connectivity index (χ3n) is 4.26. The van der Waals surface area contributed by atoms with E-state index in [0.29, 0.717) is 22.5 Å². The first-order chi connectivity index (χ1) is 15.5. The minimum Gasteiger partial charge on any atom is -0.466 e. The van der Waals surface area contributed by atoms with Gasteiger partial charge >= 0.3 is 5.97 Å². The molecule has 1 aromatic carbocycles. The molecule has 0 unspecified atom stereocenters. The summed E-state index contributed by atoms with van der Waals surface area (Å²) >= 11 is 4.01. The molecule has 32 heavy (non-hydrogen) atoms. The number of thiophene rings is 1. The maximum Gasteiger partial charge on any atom is 0.311 e. The SMILES string of the molecule is CCOC(=O)Cc1csc(NC(=O)CSc2ncnc3scc(-c4ccc(F)cc4)c23)n1. The van der Waals surface area contributed by atoms with Crippen LogP contribution in [0.4, 0.5) is 9.52 Å². The molecular weight excluding hydrogens is 471 g/mol. The number of fused-ring (bicyclic) bond motifs is 1. The van der Waals surface area contributed by atoms with Gasteiger partial charge in [-0.3, -0.25) is 9.59 Å². The summed E-state index contributed by atoms with van der Waals surface area (Å²) in [5, 5.41) is 8.35. The Morgan fingerprint density at radius 1 is 1.16 bits per heavy atom. The van der Waals surface area contributed by atoms with Crippen LogP contribution >= 0.6 is 34.4 Å². The summed E-state index contributed by atoms with van der Waals surface area (Å²) in [6, 6.07) is 6.24. The maximum absolute atomic E-state index is 13.3. The summed E-state index contributed by atoms with van der Waals surface area (Å²) < 4.78 is 18.2. The molecule has 0 fully saturated rings. The van der Waals surface area contributed by atoms with Crippen molar-refractivity contribution < 1.29 is 18.7 Å². The number of anilines is 1. The number of halogens is 1. The third-order valence-corrected chi connectivity index (χ3v) is 6.94. The lowest BCUT2D eigenvalue weighted by Crippen LogP contribution is -2.14. The number of carbonyl (C=O) groups is 2. The maximum atomic E-state index is 13.3. The number of benzene rings is 1. The van der Waals surface area contributed by atoms with Crippen molar-refractivity contribution in [1.29, 1.82) is 0 Å². The second kappa shape index (κ2) is 10.2. The number of hydrogen-bond acceptors (Lipinski definition) is 9. The number of esters is 1. The zero-order valence-electron chi connectivity index (χ0n) is 16.8. The van der Waals surface area contributed by atoms with Gasteiger partial charge in [0, 0.05) is 16.3 Å². The van der Waals surface area contributed by atoms with E-state index >= 15 is 0 Å². The number of thioether (sulfide) groups is 1. The van der Waals surface area contributed by atoms with Gasteiger partial charge in [0.05, 0.1) is 29.9 Å². The summed E-state index contributed by atoms with van der Waals surface area (Å²) in [5.41, 5.74) is 2.31. The van der Waals surface area contributed by atoms with E-state index in [1.807, 2.05) is 5.38 Å². The molecule has 0 aliphatic heterocycles. The average Bonchev–Trinajstić information content (AvgIpc) is 3.40. The second-order valence-corrected chi connectivity index (χ2v) is 9.16. The Kier molecular flexibility index (Phi) is 7.08. The molecule has 164 valence electrons. The Bertz CT molecular complexity index is 1260. The van der Waals surface area contributed by atoms with Crippen molar-refractivity contribution >= 4 is 61.7 Å². The van der Waals surface area contributed by atoms with Crippen molar-refractivity contribution in [3.05, 3.63) is 52.9 Å². The van der Waals surface area contributed by atoms with Crippen LogP contribution in [0.1, 0.15) is 12.6 Å². The smallest absolute Gasteiger partial charge is 0.311 e. The minimum atomic E-state index is -0.355. The van der Waals surface area contributed by atoms with Crippen LogP contribution in [0.3, 0.4) is 0 Å². The Morgan fingerprint density at radius 2 is 1.97 bits per heavy atom. The van der Waals surface area contributed by atoms with E-state index in [2.05, 4.69) is 20.3 Å². The van der Waals surface area contributed by atoms with Gasteiger partial charge in [-0.1, -0.05) is 23.9 Å². The van der Waals surface area contributed by atoms with Gasteiger partial charge in [0.25, 0.3) is 0 Å². The van der Waals surface area contributed by atoms with Crippen molar-refractivity contribution in [2.75, 3.05) is 17.7 Å². The van der Waals surface area contributed by atoms with Crippen LogP contribution in [0.5, 0.6) is 0 Å². The van der Waals surface area contributed by atoms with Crippen molar-refractivity contribution in [3.8, 4) is 11.1 Å². The standard InChI is InChI=1S/C21H17FN4O3S3/c1-2-29-17(28)7-14-8-32-21(25-14)26-16(27)10-31-20-18-15(9-30-19(18)23-11-24-20)12-3-5-13(22)6-4-12/h3-6,8-9,11H,2,7,10H2,1H3,(H,25,26,27). The van der Waals surface area contributed by atoms with Crippen LogP contribution in [-0.4, -0.2) is 39.2 Å². The van der Waals surface area contributed by atoms with Gasteiger partial charge in [0.2, 0.25) is 5.91 Å². The van der Waals surface area contributed by atoms with Gasteiger partial charge in [0.15, 0.2) is 5.13 Å². The fourth-order valence-corrected chi connectivity index (χ4v) is 5.41. The summed E-state index contributed by atoms with van der Waals surface area (Å²) in [5.74, 6) is -0.773. The number of hydrogen-bond donors (Lipinski definition) is 1. The molecule has 0 bridgehead atoms. The van der Waals surface area contributed by atoms with Crippen molar-refractivity contribution in [2.45, 2.75) is 18.4 Å². The Hall–Kier alpha value is -2.89. The van der Waals surface area contributed by atoms with Crippen molar-refractivity contribution in [1.82, 2.24) is 15.0 Å². The lowest BCUT2D eigenvalue weighted by atomic mass is 10.1. The monoisotopic (exact) mass is 488 g/mol. The lowest BCUT2D eigenvalue weighted by molar-refractivity contribution is -0.142. The van der Waals surface area contributed by atoms with E-state index in [0.717, 1.165) is 21.3 Å². The predicted molar refractivity (Wildman–Crippen MR) is 125 cm³/mol. The fraction of sp³-hybridized carbons (Fsp3) is 0.190. The number of nitrogens with zero attached hydrogens (tertiary/aromatic N) is 3. The average molecular weight is 489 g/mol. The second-order valence-electron chi connectivity index (χ2n) is 6.48. The first-order valence-electron chi connectivity index (χ1n) is 9.54. The topological polar surface area (TPSA) is 94.1 Å². The van der Waals surface area contributed by atoms with Gasteiger partial charge in [0.1, 0.15) is 22.0 Å². The van der Waals surface area contributed by atoms with E-state index < -0.39 is 0 Å². The minimum absolute atomic E-state index is 0.0677. The van der Waals surface area contributed by atoms with E-state index in [1.165, 1.54) is 52.9 Å². The predicted octanol–water partition coefficient (Wildman–Crippen LogP) is 4.79. The molecule has 0 atom stereocenters. The van der Waals surface area contributed by atoms with Crippen LogP contribution in [-0.2, 0) is 20.7 Å². The molecule has 0 aliphatic carbocycles. The van der Waals surface area contributed by atoms with Crippen LogP contribution < -0.4 is 5.32 Å². The summed E-state index contributed by atoms with van der Waals surface area (Å²) in [7, 11) is 0. The highest BCUT2D eigenvalue weighted by Crippen LogP contribution is 2.37. The highest BCUT2D eigenvalue weighted by Gasteiger charge is 2.16. The molecule has 4 aromatic rings. The Balaban J connectivity index is 1.44. The number of thiazole rings is 1. The molecule has 0 aliphatic rings. The normalized spacial score (nSPS) is 10.9. The van der Waals surface area contributed by atoms with E-state index in [1.54, 1.807) is 24.4 Å². The molecule has 0 saturated carbocycles. The van der Waals surface area contributed by atoms with Crippen molar-refractivity contribution in [3.63, 3.8) is 0 Å². The molecule has 1 amide bonds. The first kappa shape index (κ1) is 22.3. The Morgan fingerprint density at radius 3 is 2.75 bits per heavy atom. The summed E-state index contributed by atoms with van der Waals surface area (Å²) in [4.78, 5) is 37.7. The number of aromatic nitrogens is 3. The largest absolute Gasteiger partial charge is 0.466 e. The van der Waals surface area contributed by atoms with Crippen LogP contribution in [0.25, 0.3) is 21.3 Å². The molecule has 7 nitrogen and oxygen atoms in total. The van der Waals surface area contributed by atoms with Gasteiger partial charge in [-0.2, -0.15) is 0 Å². The van der Waals surface area contributed by atoms with Gasteiger partial charge < -0.3 is 10.1 Å². The van der Waals surface area contributed by atoms with Crippen LogP contribution in [0.2, 0.25) is 0 Å². The number of nitrogens with one attached hydrogen (secondary N) is 1. The Labute approximate surface area is 195 Å². The van der Waals surface area contributed by atoms with Crippen LogP contribution in [0, 0.1) is 5.82 Å². The molecule has 4 rings (SSSR count). The van der Waals surface area contributed by atoms with Crippen molar-refractivity contribution in [2.24, 2.45) is 0 Å². The molecule has 3 heterocycles. The quantitative estimate of drug-likeness (QED) is 0.216. The molecular formula is C21H17FN4O3S3. The molecule has 0 radical (unpaired) electrons. The van der Waals surface area contributed by atoms with E-state index in [9.17, 15) is 14.0 Å².